The molecule has 142 valence electrons. The van der Waals surface area contributed by atoms with Crippen molar-refractivity contribution >= 4 is 23.2 Å². The van der Waals surface area contributed by atoms with Crippen LogP contribution < -0.4 is 10.6 Å². The van der Waals surface area contributed by atoms with E-state index < -0.39 is 0 Å². The van der Waals surface area contributed by atoms with Gasteiger partial charge in [-0.25, -0.2) is 0 Å². The van der Waals surface area contributed by atoms with E-state index in [0.717, 1.165) is 29.7 Å². The summed E-state index contributed by atoms with van der Waals surface area (Å²) in [7, 11) is 0. The second kappa shape index (κ2) is 8.38. The van der Waals surface area contributed by atoms with Crippen LogP contribution in [-0.4, -0.2) is 11.8 Å². The van der Waals surface area contributed by atoms with Gasteiger partial charge in [0.1, 0.15) is 0 Å². The lowest BCUT2D eigenvalue weighted by atomic mass is 9.90. The number of hydrogen-bond donors (Lipinski definition) is 2. The van der Waals surface area contributed by atoms with E-state index in [0.29, 0.717) is 12.1 Å². The molecule has 0 aromatic heterocycles. The number of anilines is 2. The predicted octanol–water partition coefficient (Wildman–Crippen LogP) is 4.65. The van der Waals surface area contributed by atoms with E-state index in [1.54, 1.807) is 0 Å². The second-order valence-electron chi connectivity index (χ2n) is 7.71. The number of carbonyl (C=O) groups excluding carboxylic acids is 2. The Morgan fingerprint density at radius 2 is 1.70 bits per heavy atom. The monoisotopic (exact) mass is 364 g/mol. The average Bonchev–Trinajstić information content (AvgIpc) is 2.64. The van der Waals surface area contributed by atoms with Crippen molar-refractivity contribution in [2.24, 2.45) is 5.92 Å². The van der Waals surface area contributed by atoms with Gasteiger partial charge in [0.25, 0.3) is 0 Å². The fourth-order valence-electron chi connectivity index (χ4n) is 3.40. The van der Waals surface area contributed by atoms with E-state index in [-0.39, 0.29) is 17.7 Å². The van der Waals surface area contributed by atoms with E-state index in [4.69, 9.17) is 0 Å². The zero-order valence-electron chi connectivity index (χ0n) is 16.4. The second-order valence-corrected chi connectivity index (χ2v) is 7.71. The fraction of sp³-hybridized carbons (Fsp3) is 0.391. The smallest absolute Gasteiger partial charge is 0.228 e. The average molecular weight is 364 g/mol. The molecule has 0 unspecified atom stereocenters. The van der Waals surface area contributed by atoms with Crippen molar-refractivity contribution in [3.63, 3.8) is 0 Å². The Bertz CT molecular complexity index is 855. The normalized spacial score (nSPS) is 13.2. The number of fused-ring (bicyclic) bond motifs is 1. The van der Waals surface area contributed by atoms with E-state index in [1.165, 1.54) is 24.0 Å². The van der Waals surface area contributed by atoms with Crippen molar-refractivity contribution in [1.82, 2.24) is 0 Å². The topological polar surface area (TPSA) is 58.2 Å². The number of aryl methyl sites for hydroxylation is 3. The predicted molar refractivity (Wildman–Crippen MR) is 110 cm³/mol. The minimum Gasteiger partial charge on any atom is -0.326 e. The summed E-state index contributed by atoms with van der Waals surface area (Å²) in [5.41, 5.74) is 6.27. The van der Waals surface area contributed by atoms with Crippen LogP contribution in [0.2, 0.25) is 0 Å². The van der Waals surface area contributed by atoms with Crippen molar-refractivity contribution in [2.75, 3.05) is 10.6 Å². The van der Waals surface area contributed by atoms with Gasteiger partial charge in [0.05, 0.1) is 6.42 Å². The molecule has 0 saturated carbocycles. The molecule has 0 heterocycles. The largest absolute Gasteiger partial charge is 0.326 e. The maximum Gasteiger partial charge on any atom is 0.228 e. The first-order chi connectivity index (χ1) is 12.9. The Morgan fingerprint density at radius 3 is 2.44 bits per heavy atom. The maximum atomic E-state index is 12.5. The van der Waals surface area contributed by atoms with Gasteiger partial charge >= 0.3 is 0 Å². The zero-order chi connectivity index (χ0) is 19.4. The Hall–Kier alpha value is -2.62. The van der Waals surface area contributed by atoms with E-state index >= 15 is 0 Å². The third-order valence-electron chi connectivity index (χ3n) is 5.08. The summed E-state index contributed by atoms with van der Waals surface area (Å²) in [6, 6.07) is 12.0. The third-order valence-corrected chi connectivity index (χ3v) is 5.08. The number of hydrogen-bond acceptors (Lipinski definition) is 2. The number of amides is 2. The van der Waals surface area contributed by atoms with Crippen LogP contribution in [-0.2, 0) is 28.9 Å². The van der Waals surface area contributed by atoms with Gasteiger partial charge in [-0.15, -0.1) is 0 Å². The first kappa shape index (κ1) is 19.2. The van der Waals surface area contributed by atoms with Gasteiger partial charge in [-0.1, -0.05) is 38.1 Å². The Kier molecular flexibility index (Phi) is 5.94. The molecule has 3 rings (SSSR count). The molecule has 4 nitrogen and oxygen atoms in total. The summed E-state index contributed by atoms with van der Waals surface area (Å²) in [6.07, 6.45) is 5.11. The highest BCUT2D eigenvalue weighted by Gasteiger charge is 2.13. The molecule has 2 aromatic rings. The molecular formula is C23H28N2O2. The Labute approximate surface area is 161 Å². The lowest BCUT2D eigenvalue weighted by Crippen LogP contribution is -2.19. The molecule has 4 heteroatoms. The van der Waals surface area contributed by atoms with Gasteiger partial charge in [0.2, 0.25) is 11.8 Å². The third kappa shape index (κ3) is 4.97. The van der Waals surface area contributed by atoms with Gasteiger partial charge in [-0.05, 0) is 67.0 Å². The first-order valence-corrected chi connectivity index (χ1v) is 9.74. The molecule has 0 saturated heterocycles. The summed E-state index contributed by atoms with van der Waals surface area (Å²) in [5, 5.41) is 5.87. The van der Waals surface area contributed by atoms with Crippen LogP contribution in [0.1, 0.15) is 48.9 Å². The molecule has 0 fully saturated rings. The quantitative estimate of drug-likeness (QED) is 0.811. The molecule has 0 atom stereocenters. The Morgan fingerprint density at radius 1 is 0.963 bits per heavy atom. The minimum atomic E-state index is -0.0895. The zero-order valence-corrected chi connectivity index (χ0v) is 16.4. The number of nitrogens with one attached hydrogen (secondary N) is 2. The van der Waals surface area contributed by atoms with Crippen molar-refractivity contribution in [2.45, 2.75) is 52.9 Å². The van der Waals surface area contributed by atoms with Gasteiger partial charge in [-0.3, -0.25) is 9.59 Å². The number of rotatable bonds is 5. The molecule has 0 aliphatic heterocycles. The van der Waals surface area contributed by atoms with Crippen LogP contribution in [0.5, 0.6) is 0 Å². The highest BCUT2D eigenvalue weighted by Crippen LogP contribution is 2.24. The first-order valence-electron chi connectivity index (χ1n) is 9.74. The van der Waals surface area contributed by atoms with Gasteiger partial charge < -0.3 is 10.6 Å². The van der Waals surface area contributed by atoms with Crippen LogP contribution in [0, 0.1) is 12.8 Å². The molecule has 2 N–H and O–H groups in total. The highest BCUT2D eigenvalue weighted by molar-refractivity contribution is 5.96. The standard InChI is InChI=1S/C23H28N2O2/c1-15(2)23(27)24-20-11-8-16(3)21(14-20)25-22(26)13-17-9-10-18-6-4-5-7-19(18)12-17/h8-12,14-15H,4-7,13H2,1-3H3,(H,24,27)(H,25,26). The molecule has 0 radical (unpaired) electrons. The number of benzene rings is 2. The summed E-state index contributed by atoms with van der Waals surface area (Å²) in [5.74, 6) is -0.167. The SMILES string of the molecule is Cc1ccc(NC(=O)C(C)C)cc1NC(=O)Cc1ccc2c(c1)CCCC2. The van der Waals surface area contributed by atoms with E-state index in [1.807, 2.05) is 39.0 Å². The molecule has 0 spiro atoms. The summed E-state index contributed by atoms with van der Waals surface area (Å²) >= 11 is 0. The minimum absolute atomic E-state index is 0.0369. The Balaban J connectivity index is 1.67. The van der Waals surface area contributed by atoms with Crippen molar-refractivity contribution in [3.8, 4) is 0 Å². The molecular weight excluding hydrogens is 336 g/mol. The lowest BCUT2D eigenvalue weighted by molar-refractivity contribution is -0.119. The van der Waals surface area contributed by atoms with Crippen molar-refractivity contribution < 1.29 is 9.59 Å². The van der Waals surface area contributed by atoms with Gasteiger partial charge in [0.15, 0.2) is 0 Å². The molecule has 2 amide bonds. The van der Waals surface area contributed by atoms with Gasteiger partial charge in [0, 0.05) is 17.3 Å². The van der Waals surface area contributed by atoms with Gasteiger partial charge in [-0.2, -0.15) is 0 Å². The van der Waals surface area contributed by atoms with Crippen molar-refractivity contribution in [1.29, 1.82) is 0 Å². The fourth-order valence-corrected chi connectivity index (χ4v) is 3.40. The highest BCUT2D eigenvalue weighted by atomic mass is 16.2. The molecule has 1 aliphatic carbocycles. The van der Waals surface area contributed by atoms with E-state index in [2.05, 4.69) is 28.8 Å². The van der Waals surface area contributed by atoms with Crippen LogP contribution >= 0.6 is 0 Å². The lowest BCUT2D eigenvalue weighted by Gasteiger charge is -2.17. The molecule has 2 aromatic carbocycles. The van der Waals surface area contributed by atoms with Crippen LogP contribution in [0.4, 0.5) is 11.4 Å². The van der Waals surface area contributed by atoms with Crippen molar-refractivity contribution in [3.05, 3.63) is 58.7 Å². The summed E-state index contributed by atoms with van der Waals surface area (Å²) in [4.78, 5) is 24.4. The van der Waals surface area contributed by atoms with Crippen LogP contribution in [0.15, 0.2) is 36.4 Å². The summed E-state index contributed by atoms with van der Waals surface area (Å²) in [6.45, 7) is 5.65. The molecule has 1 aliphatic rings. The maximum absolute atomic E-state index is 12.5. The molecule has 0 bridgehead atoms. The summed E-state index contributed by atoms with van der Waals surface area (Å²) < 4.78 is 0. The van der Waals surface area contributed by atoms with E-state index in [9.17, 15) is 9.59 Å². The van der Waals surface area contributed by atoms with Crippen LogP contribution in [0.25, 0.3) is 0 Å². The number of carbonyl (C=O) groups is 2. The molecule has 27 heavy (non-hydrogen) atoms. The van der Waals surface area contributed by atoms with Crippen LogP contribution in [0.3, 0.4) is 0 Å².